The van der Waals surface area contributed by atoms with Crippen molar-refractivity contribution >= 4 is 11.6 Å². The Bertz CT molecular complexity index is 746. The summed E-state index contributed by atoms with van der Waals surface area (Å²) in [6, 6.07) is 8.12. The molecule has 3 rings (SSSR count). The number of aromatic nitrogens is 2. The normalized spacial score (nSPS) is 17.8. The van der Waals surface area contributed by atoms with Crippen LogP contribution in [0, 0.1) is 0 Å². The van der Waals surface area contributed by atoms with Gasteiger partial charge in [-0.25, -0.2) is 4.98 Å². The van der Waals surface area contributed by atoms with Gasteiger partial charge in [0.25, 0.3) is 0 Å². The van der Waals surface area contributed by atoms with Crippen LogP contribution in [0.4, 0.5) is 5.69 Å². The maximum Gasteiger partial charge on any atom is 0.247 e. The van der Waals surface area contributed by atoms with E-state index in [1.807, 2.05) is 30.1 Å². The molecule has 1 aromatic heterocycles. The molecule has 1 N–H and O–H groups in total. The second kappa shape index (κ2) is 7.00. The Morgan fingerprint density at radius 3 is 2.48 bits per heavy atom. The number of amides is 1. The Kier molecular flexibility index (Phi) is 4.95. The third kappa shape index (κ3) is 3.47. The average molecular weight is 340 g/mol. The number of hydrogen-bond acceptors (Lipinski definition) is 3. The molecule has 2 heterocycles. The predicted octanol–water partition coefficient (Wildman–Crippen LogP) is 3.49. The summed E-state index contributed by atoms with van der Waals surface area (Å²) in [5, 5.41) is 3.10. The van der Waals surface area contributed by atoms with Gasteiger partial charge in [-0.05, 0) is 37.5 Å². The maximum absolute atomic E-state index is 13.1. The molecular formula is C20H28N4O. The number of nitrogens with zero attached hydrogens (tertiary/aromatic N) is 3. The molecule has 0 bridgehead atoms. The second-order valence-electron chi connectivity index (χ2n) is 7.44. The number of hydrogen-bond donors (Lipinski definition) is 1. The van der Waals surface area contributed by atoms with Crippen molar-refractivity contribution < 1.29 is 4.79 Å². The van der Waals surface area contributed by atoms with Crippen molar-refractivity contribution in [1.29, 1.82) is 0 Å². The van der Waals surface area contributed by atoms with Crippen molar-refractivity contribution in [1.82, 2.24) is 14.5 Å². The zero-order chi connectivity index (χ0) is 18.1. The molecule has 1 atom stereocenters. The third-order valence-electron chi connectivity index (χ3n) is 5.02. The predicted molar refractivity (Wildman–Crippen MR) is 101 cm³/mol. The molecule has 25 heavy (non-hydrogen) atoms. The number of rotatable bonds is 4. The lowest BCUT2D eigenvalue weighted by atomic mass is 9.99. The molecule has 0 fully saturated rings. The first-order valence-electron chi connectivity index (χ1n) is 9.05. The molecule has 2 aromatic rings. The fourth-order valence-corrected chi connectivity index (χ4v) is 3.55. The van der Waals surface area contributed by atoms with Crippen LogP contribution in [0.15, 0.2) is 30.6 Å². The Balaban J connectivity index is 1.87. The van der Waals surface area contributed by atoms with E-state index in [2.05, 4.69) is 55.0 Å². The summed E-state index contributed by atoms with van der Waals surface area (Å²) in [6.07, 6.45) is 2.70. The number of benzene rings is 1. The Morgan fingerprint density at radius 1 is 1.20 bits per heavy atom. The Morgan fingerprint density at radius 2 is 1.88 bits per heavy atom. The highest BCUT2D eigenvalue weighted by Crippen LogP contribution is 2.31. The highest BCUT2D eigenvalue weighted by Gasteiger charge is 2.37. The van der Waals surface area contributed by atoms with E-state index in [-0.39, 0.29) is 11.9 Å². The lowest BCUT2D eigenvalue weighted by Gasteiger charge is -2.37. The summed E-state index contributed by atoms with van der Waals surface area (Å²) in [5.74, 6) is 0.493. The van der Waals surface area contributed by atoms with Gasteiger partial charge in [0.1, 0.15) is 6.04 Å². The monoisotopic (exact) mass is 340 g/mol. The van der Waals surface area contributed by atoms with E-state index in [4.69, 9.17) is 0 Å². The second-order valence-corrected chi connectivity index (χ2v) is 7.44. The first-order chi connectivity index (χ1) is 11.9. The van der Waals surface area contributed by atoms with Gasteiger partial charge >= 0.3 is 0 Å². The van der Waals surface area contributed by atoms with Crippen LogP contribution in [-0.4, -0.2) is 32.9 Å². The summed E-state index contributed by atoms with van der Waals surface area (Å²) in [6.45, 7) is 9.46. The zero-order valence-electron chi connectivity index (χ0n) is 15.8. The van der Waals surface area contributed by atoms with Gasteiger partial charge in [-0.1, -0.05) is 26.0 Å². The van der Waals surface area contributed by atoms with Gasteiger partial charge in [-0.3, -0.25) is 9.69 Å². The molecule has 1 amide bonds. The summed E-state index contributed by atoms with van der Waals surface area (Å²) >= 11 is 0. The topological polar surface area (TPSA) is 50.2 Å². The van der Waals surface area contributed by atoms with Gasteiger partial charge in [-0.15, -0.1) is 0 Å². The standard InChI is InChI=1S/C20H28N4O/c1-13(2)15-6-8-16(9-7-15)22-20(25)19-18-17(21-12-23(18)5)10-11-24(19)14(3)4/h6-9,12-14,19H,10-11H2,1-5H3,(H,22,25). The van der Waals surface area contributed by atoms with Crippen LogP contribution in [-0.2, 0) is 18.3 Å². The van der Waals surface area contributed by atoms with Crippen LogP contribution in [0.5, 0.6) is 0 Å². The van der Waals surface area contributed by atoms with Gasteiger partial charge < -0.3 is 9.88 Å². The SMILES string of the molecule is CC(C)c1ccc(NC(=O)C2c3c(ncn3C)CCN2C(C)C)cc1. The van der Waals surface area contributed by atoms with Crippen molar-refractivity contribution in [3.05, 3.63) is 47.5 Å². The fraction of sp³-hybridized carbons (Fsp3) is 0.500. The van der Waals surface area contributed by atoms with E-state index in [1.165, 1.54) is 5.56 Å². The maximum atomic E-state index is 13.1. The third-order valence-corrected chi connectivity index (χ3v) is 5.02. The molecule has 134 valence electrons. The van der Waals surface area contributed by atoms with Crippen molar-refractivity contribution in [2.24, 2.45) is 7.05 Å². The van der Waals surface area contributed by atoms with Crippen LogP contribution in [0.3, 0.4) is 0 Å². The van der Waals surface area contributed by atoms with Crippen molar-refractivity contribution in [2.75, 3.05) is 11.9 Å². The summed E-state index contributed by atoms with van der Waals surface area (Å²) in [4.78, 5) is 19.8. The molecule has 1 aromatic carbocycles. The minimum absolute atomic E-state index is 0.00977. The van der Waals surface area contributed by atoms with Gasteiger partial charge in [-0.2, -0.15) is 0 Å². The summed E-state index contributed by atoms with van der Waals surface area (Å²) in [5.41, 5.74) is 4.16. The number of carbonyl (C=O) groups excluding carboxylic acids is 1. The Hall–Kier alpha value is -2.14. The molecule has 1 unspecified atom stereocenters. The van der Waals surface area contributed by atoms with E-state index in [1.54, 1.807) is 0 Å². The van der Waals surface area contributed by atoms with Crippen molar-refractivity contribution in [3.63, 3.8) is 0 Å². The molecule has 5 nitrogen and oxygen atoms in total. The number of anilines is 1. The van der Waals surface area contributed by atoms with Crippen molar-refractivity contribution in [2.45, 2.75) is 52.1 Å². The molecule has 0 spiro atoms. The molecule has 0 aliphatic carbocycles. The largest absolute Gasteiger partial charge is 0.336 e. The van der Waals surface area contributed by atoms with Gasteiger partial charge in [0.15, 0.2) is 0 Å². The van der Waals surface area contributed by atoms with Gasteiger partial charge in [0.2, 0.25) is 5.91 Å². The van der Waals surface area contributed by atoms with E-state index >= 15 is 0 Å². The quantitative estimate of drug-likeness (QED) is 0.927. The highest BCUT2D eigenvalue weighted by atomic mass is 16.2. The first kappa shape index (κ1) is 17.7. The molecule has 0 radical (unpaired) electrons. The molecule has 0 saturated heterocycles. The number of carbonyl (C=O) groups is 1. The van der Waals surface area contributed by atoms with Crippen LogP contribution >= 0.6 is 0 Å². The lowest BCUT2D eigenvalue weighted by molar-refractivity contribution is -0.123. The Labute approximate surface area is 150 Å². The van der Waals surface area contributed by atoms with E-state index in [0.717, 1.165) is 30.0 Å². The fourth-order valence-electron chi connectivity index (χ4n) is 3.55. The van der Waals surface area contributed by atoms with Crippen molar-refractivity contribution in [3.8, 4) is 0 Å². The number of aryl methyl sites for hydroxylation is 1. The van der Waals surface area contributed by atoms with Crippen LogP contribution in [0.25, 0.3) is 0 Å². The average Bonchev–Trinajstić information content (AvgIpc) is 2.95. The smallest absolute Gasteiger partial charge is 0.247 e. The van der Waals surface area contributed by atoms with E-state index < -0.39 is 0 Å². The number of nitrogens with one attached hydrogen (secondary N) is 1. The van der Waals surface area contributed by atoms with Crippen LogP contribution in [0.2, 0.25) is 0 Å². The van der Waals surface area contributed by atoms with E-state index in [9.17, 15) is 4.79 Å². The summed E-state index contributed by atoms with van der Waals surface area (Å²) in [7, 11) is 1.97. The lowest BCUT2D eigenvalue weighted by Crippen LogP contribution is -2.46. The first-order valence-corrected chi connectivity index (χ1v) is 9.05. The highest BCUT2D eigenvalue weighted by molar-refractivity contribution is 5.95. The van der Waals surface area contributed by atoms with Gasteiger partial charge in [0, 0.05) is 31.7 Å². The van der Waals surface area contributed by atoms with Gasteiger partial charge in [0.05, 0.1) is 17.7 Å². The molecule has 0 saturated carbocycles. The molecule has 1 aliphatic rings. The zero-order valence-corrected chi connectivity index (χ0v) is 15.8. The number of imidazole rings is 1. The molecule has 5 heteroatoms. The minimum atomic E-state index is -0.305. The van der Waals surface area contributed by atoms with Crippen LogP contribution in [0.1, 0.15) is 56.6 Å². The summed E-state index contributed by atoms with van der Waals surface area (Å²) < 4.78 is 1.98. The number of fused-ring (bicyclic) bond motifs is 1. The van der Waals surface area contributed by atoms with Crippen LogP contribution < -0.4 is 5.32 Å². The molecular weight excluding hydrogens is 312 g/mol. The molecule has 1 aliphatic heterocycles. The minimum Gasteiger partial charge on any atom is -0.336 e. The van der Waals surface area contributed by atoms with E-state index in [0.29, 0.717) is 12.0 Å².